The van der Waals surface area contributed by atoms with E-state index in [0.717, 1.165) is 47.7 Å². The molecule has 7 heteroatoms. The number of carbonyl (C=O) groups is 1. The molecule has 2 N–H and O–H groups in total. The number of benzene rings is 1. The van der Waals surface area contributed by atoms with Gasteiger partial charge in [-0.15, -0.1) is 0 Å². The van der Waals surface area contributed by atoms with Gasteiger partial charge in [-0.3, -0.25) is 9.78 Å². The fourth-order valence-electron chi connectivity index (χ4n) is 4.11. The molecule has 0 spiro atoms. The number of nitrogens with zero attached hydrogens (tertiary/aromatic N) is 2. The lowest BCUT2D eigenvalue weighted by Gasteiger charge is -2.17. The summed E-state index contributed by atoms with van der Waals surface area (Å²) in [6.07, 6.45) is 4.75. The Labute approximate surface area is 176 Å². The number of sulfonamides is 1. The Balaban J connectivity index is 1.89. The molecule has 0 amide bonds. The van der Waals surface area contributed by atoms with Crippen molar-refractivity contribution in [1.29, 1.82) is 0 Å². The van der Waals surface area contributed by atoms with Crippen LogP contribution in [0.3, 0.4) is 0 Å². The zero-order chi connectivity index (χ0) is 21.5. The van der Waals surface area contributed by atoms with E-state index in [1.807, 2.05) is 30.5 Å². The minimum absolute atomic E-state index is 0.0503. The third kappa shape index (κ3) is 3.70. The van der Waals surface area contributed by atoms with Gasteiger partial charge in [-0.25, -0.2) is 13.6 Å². The predicted molar refractivity (Wildman–Crippen MR) is 116 cm³/mol. The molecule has 0 atom stereocenters. The van der Waals surface area contributed by atoms with Crippen LogP contribution in [0.1, 0.15) is 53.5 Å². The second kappa shape index (κ2) is 7.81. The third-order valence-corrected chi connectivity index (χ3v) is 6.66. The highest BCUT2D eigenvalue weighted by Gasteiger charge is 2.21. The van der Waals surface area contributed by atoms with Crippen LogP contribution >= 0.6 is 0 Å². The first-order valence-corrected chi connectivity index (χ1v) is 11.7. The number of aromatic nitrogens is 2. The van der Waals surface area contributed by atoms with Crippen molar-refractivity contribution in [3.63, 3.8) is 0 Å². The highest BCUT2D eigenvalue weighted by atomic mass is 32.2. The fraction of sp³-hybridized carbons (Fsp3) is 0.304. The number of pyridine rings is 1. The van der Waals surface area contributed by atoms with Crippen LogP contribution in [-0.2, 0) is 22.9 Å². The molecule has 6 nitrogen and oxygen atoms in total. The summed E-state index contributed by atoms with van der Waals surface area (Å²) in [5.74, 6) is 0.0617. The molecule has 0 radical (unpaired) electrons. The molecular weight excluding hydrogens is 398 g/mol. The topological polar surface area (TPSA) is 95.0 Å². The molecule has 1 aliphatic carbocycles. The normalized spacial score (nSPS) is 13.8. The summed E-state index contributed by atoms with van der Waals surface area (Å²) >= 11 is 0. The molecule has 0 aliphatic heterocycles. The maximum absolute atomic E-state index is 12.6. The van der Waals surface area contributed by atoms with E-state index >= 15 is 0 Å². The maximum Gasteiger partial charge on any atom is 0.238 e. The van der Waals surface area contributed by atoms with Crippen LogP contribution in [0.4, 0.5) is 0 Å². The van der Waals surface area contributed by atoms with E-state index in [9.17, 15) is 13.2 Å². The van der Waals surface area contributed by atoms with Gasteiger partial charge in [0, 0.05) is 29.1 Å². The summed E-state index contributed by atoms with van der Waals surface area (Å²) in [7, 11) is -3.77. The van der Waals surface area contributed by atoms with Gasteiger partial charge in [-0.1, -0.05) is 13.0 Å². The minimum Gasteiger partial charge on any atom is -0.312 e. The number of nitrogens with two attached hydrogens (primary N) is 1. The van der Waals surface area contributed by atoms with Crippen molar-refractivity contribution >= 4 is 15.8 Å². The van der Waals surface area contributed by atoms with E-state index in [0.29, 0.717) is 12.0 Å². The van der Waals surface area contributed by atoms with Gasteiger partial charge in [-0.05, 0) is 74.6 Å². The fourth-order valence-corrected chi connectivity index (χ4v) is 4.63. The maximum atomic E-state index is 12.6. The first-order valence-electron chi connectivity index (χ1n) is 10.2. The number of fused-ring (bicyclic) bond motifs is 1. The minimum atomic E-state index is -3.77. The molecule has 0 unspecified atom stereocenters. The zero-order valence-electron chi connectivity index (χ0n) is 17.2. The summed E-state index contributed by atoms with van der Waals surface area (Å²) in [5, 5.41) is 5.23. The highest BCUT2D eigenvalue weighted by Crippen LogP contribution is 2.31. The van der Waals surface area contributed by atoms with Gasteiger partial charge in [0.25, 0.3) is 0 Å². The Morgan fingerprint density at radius 1 is 1.10 bits per heavy atom. The summed E-state index contributed by atoms with van der Waals surface area (Å²) in [6.45, 7) is 3.75. The van der Waals surface area contributed by atoms with Crippen molar-refractivity contribution < 1.29 is 13.2 Å². The molecule has 156 valence electrons. The molecule has 2 aromatic heterocycles. The molecule has 0 saturated carbocycles. The van der Waals surface area contributed by atoms with Crippen molar-refractivity contribution in [3.8, 4) is 17.1 Å². The van der Waals surface area contributed by atoms with Gasteiger partial charge >= 0.3 is 0 Å². The van der Waals surface area contributed by atoms with Crippen molar-refractivity contribution in [2.45, 2.75) is 50.8 Å². The number of rotatable bonds is 5. The Bertz CT molecular complexity index is 1230. The van der Waals surface area contributed by atoms with E-state index in [4.69, 9.17) is 10.1 Å². The number of primary sulfonamides is 1. The summed E-state index contributed by atoms with van der Waals surface area (Å²) < 4.78 is 25.2. The molecule has 3 aromatic rings. The van der Waals surface area contributed by atoms with E-state index in [1.54, 1.807) is 12.1 Å². The molecule has 0 saturated heterocycles. The zero-order valence-corrected chi connectivity index (χ0v) is 18.0. The van der Waals surface area contributed by atoms with Gasteiger partial charge in [0.15, 0.2) is 5.78 Å². The first-order chi connectivity index (χ1) is 14.3. The van der Waals surface area contributed by atoms with Crippen LogP contribution in [0.25, 0.3) is 17.1 Å². The molecule has 1 aromatic carbocycles. The number of Topliss-reactive ketones (excluding diaryl/α,β-unsaturated/α-hetero) is 1. The monoisotopic (exact) mass is 423 g/mol. The quantitative estimate of drug-likeness (QED) is 0.628. The Morgan fingerprint density at radius 3 is 2.47 bits per heavy atom. The molecule has 0 bridgehead atoms. The van der Waals surface area contributed by atoms with Gasteiger partial charge in [0.1, 0.15) is 0 Å². The van der Waals surface area contributed by atoms with Crippen molar-refractivity contribution in [2.24, 2.45) is 5.14 Å². The second-order valence-corrected chi connectivity index (χ2v) is 9.25. The average Bonchev–Trinajstić information content (AvgIpc) is 3.09. The lowest BCUT2D eigenvalue weighted by atomic mass is 9.95. The SMILES string of the molecule is CCC(=O)c1cc(-c2ccc3c(n2)CCCC3)n(-c2ccc(S(N)(=O)=O)cc2)c1C. The molecule has 30 heavy (non-hydrogen) atoms. The number of ketones is 1. The molecule has 4 rings (SSSR count). The second-order valence-electron chi connectivity index (χ2n) is 7.69. The Kier molecular flexibility index (Phi) is 5.34. The summed E-state index contributed by atoms with van der Waals surface area (Å²) in [5.41, 5.74) is 6.26. The third-order valence-electron chi connectivity index (χ3n) is 5.73. The Hall–Kier alpha value is -2.77. The lowest BCUT2D eigenvalue weighted by Crippen LogP contribution is -2.12. The van der Waals surface area contributed by atoms with Crippen LogP contribution in [-0.4, -0.2) is 23.8 Å². The largest absolute Gasteiger partial charge is 0.312 e. The number of hydrogen-bond acceptors (Lipinski definition) is 4. The molecular formula is C23H25N3O3S. The first kappa shape index (κ1) is 20.5. The van der Waals surface area contributed by atoms with Gasteiger partial charge in [-0.2, -0.15) is 0 Å². The summed E-state index contributed by atoms with van der Waals surface area (Å²) in [4.78, 5) is 17.5. The van der Waals surface area contributed by atoms with E-state index in [1.165, 1.54) is 24.1 Å². The van der Waals surface area contributed by atoms with Gasteiger partial charge in [0.2, 0.25) is 10.0 Å². The Morgan fingerprint density at radius 2 is 1.80 bits per heavy atom. The van der Waals surface area contributed by atoms with Gasteiger partial charge in [0.05, 0.1) is 16.3 Å². The summed E-state index contributed by atoms with van der Waals surface area (Å²) in [6, 6.07) is 12.4. The predicted octanol–water partition coefficient (Wildman–Crippen LogP) is 3.97. The van der Waals surface area contributed by atoms with Crippen LogP contribution in [0, 0.1) is 6.92 Å². The van der Waals surface area contributed by atoms with Crippen molar-refractivity contribution in [3.05, 3.63) is 65.0 Å². The van der Waals surface area contributed by atoms with Gasteiger partial charge < -0.3 is 4.57 Å². The number of carbonyl (C=O) groups excluding carboxylic acids is 1. The van der Waals surface area contributed by atoms with E-state index in [-0.39, 0.29) is 10.7 Å². The number of hydrogen-bond donors (Lipinski definition) is 1. The highest BCUT2D eigenvalue weighted by molar-refractivity contribution is 7.89. The van der Waals surface area contributed by atoms with E-state index < -0.39 is 10.0 Å². The van der Waals surface area contributed by atoms with Crippen molar-refractivity contribution in [1.82, 2.24) is 9.55 Å². The van der Waals surface area contributed by atoms with E-state index in [2.05, 4.69) is 6.07 Å². The van der Waals surface area contributed by atoms with Crippen LogP contribution < -0.4 is 5.14 Å². The molecule has 2 heterocycles. The molecule has 0 fully saturated rings. The lowest BCUT2D eigenvalue weighted by molar-refractivity contribution is 0.0987. The molecule has 1 aliphatic rings. The number of aryl methyl sites for hydroxylation is 2. The van der Waals surface area contributed by atoms with Crippen LogP contribution in [0.2, 0.25) is 0 Å². The average molecular weight is 424 g/mol. The standard InChI is InChI=1S/C23H25N3O3S/c1-3-23(27)19-14-22(21-13-8-16-6-4-5-7-20(16)25-21)26(15(19)2)17-9-11-18(12-10-17)30(24,28)29/h8-14H,3-7H2,1-2H3,(H2,24,28,29). The van der Waals surface area contributed by atoms with Crippen LogP contribution in [0.5, 0.6) is 0 Å². The smallest absolute Gasteiger partial charge is 0.238 e. The van der Waals surface area contributed by atoms with Crippen LogP contribution in [0.15, 0.2) is 47.4 Å². The van der Waals surface area contributed by atoms with Crippen molar-refractivity contribution in [2.75, 3.05) is 0 Å².